The predicted octanol–water partition coefficient (Wildman–Crippen LogP) is 4.36. The van der Waals surface area contributed by atoms with Gasteiger partial charge in [-0.25, -0.2) is 8.42 Å². The Morgan fingerprint density at radius 2 is 1.58 bits per heavy atom. The summed E-state index contributed by atoms with van der Waals surface area (Å²) in [6, 6.07) is 15.5. The van der Waals surface area contributed by atoms with E-state index in [1.807, 2.05) is 0 Å². The monoisotopic (exact) mass is 478 g/mol. The van der Waals surface area contributed by atoms with Crippen LogP contribution in [0.5, 0.6) is 17.2 Å². The van der Waals surface area contributed by atoms with Crippen molar-refractivity contribution in [1.82, 2.24) is 0 Å². The summed E-state index contributed by atoms with van der Waals surface area (Å²) in [6.45, 7) is -3.03. The number of anilines is 2. The molecule has 3 aromatic rings. The first-order chi connectivity index (χ1) is 15.7. The summed E-state index contributed by atoms with van der Waals surface area (Å²) in [4.78, 5) is 12.3. The molecule has 0 unspecified atom stereocenters. The highest BCUT2D eigenvalue weighted by Crippen LogP contribution is 2.29. The van der Waals surface area contributed by atoms with E-state index in [-0.39, 0.29) is 27.6 Å². The minimum Gasteiger partial charge on any atom is -0.497 e. The first-order valence-electron chi connectivity index (χ1n) is 9.43. The van der Waals surface area contributed by atoms with Crippen molar-refractivity contribution >= 4 is 27.3 Å². The highest BCUT2D eigenvalue weighted by Gasteiger charge is 2.21. The van der Waals surface area contributed by atoms with Crippen LogP contribution in [-0.2, 0) is 10.0 Å². The van der Waals surface area contributed by atoms with Gasteiger partial charge in [0, 0.05) is 16.9 Å². The Morgan fingerprint density at radius 3 is 2.21 bits per heavy atom. The van der Waals surface area contributed by atoms with Crippen molar-refractivity contribution < 1.29 is 36.2 Å². The van der Waals surface area contributed by atoms with Crippen molar-refractivity contribution in [3.63, 3.8) is 0 Å². The average Bonchev–Trinajstić information content (AvgIpc) is 2.79. The number of carbonyl (C=O) groups excluding carboxylic acids is 1. The van der Waals surface area contributed by atoms with Crippen LogP contribution in [0.3, 0.4) is 0 Å². The number of hydrogen-bond acceptors (Lipinski definition) is 6. The molecule has 11 heteroatoms. The van der Waals surface area contributed by atoms with Gasteiger partial charge in [-0.3, -0.25) is 9.52 Å². The van der Waals surface area contributed by atoms with Crippen LogP contribution in [0.4, 0.5) is 20.2 Å². The van der Waals surface area contributed by atoms with Crippen molar-refractivity contribution in [3.8, 4) is 17.2 Å². The fourth-order valence-corrected chi connectivity index (χ4v) is 4.11. The zero-order valence-corrected chi connectivity index (χ0v) is 18.4. The molecule has 0 aliphatic heterocycles. The fraction of sp³-hybridized carbons (Fsp3) is 0.136. The summed E-state index contributed by atoms with van der Waals surface area (Å²) < 4.78 is 67.7. The van der Waals surface area contributed by atoms with E-state index in [0.29, 0.717) is 11.4 Å². The van der Waals surface area contributed by atoms with Gasteiger partial charge in [0.05, 0.1) is 14.2 Å². The van der Waals surface area contributed by atoms with E-state index in [4.69, 9.17) is 9.47 Å². The smallest absolute Gasteiger partial charge is 0.387 e. The van der Waals surface area contributed by atoms with Crippen LogP contribution in [0, 0.1) is 0 Å². The van der Waals surface area contributed by atoms with Gasteiger partial charge in [0.15, 0.2) is 0 Å². The summed E-state index contributed by atoms with van der Waals surface area (Å²) in [5, 5.41) is 2.54. The number of sulfonamides is 1. The lowest BCUT2D eigenvalue weighted by atomic mass is 10.2. The maximum Gasteiger partial charge on any atom is 0.387 e. The van der Waals surface area contributed by atoms with Crippen LogP contribution in [-0.4, -0.2) is 35.2 Å². The molecule has 33 heavy (non-hydrogen) atoms. The highest BCUT2D eigenvalue weighted by atomic mass is 32.2. The lowest BCUT2D eigenvalue weighted by Gasteiger charge is -2.14. The lowest BCUT2D eigenvalue weighted by Crippen LogP contribution is -2.16. The van der Waals surface area contributed by atoms with Crippen LogP contribution in [0.15, 0.2) is 71.6 Å². The molecule has 0 saturated heterocycles. The highest BCUT2D eigenvalue weighted by molar-refractivity contribution is 7.92. The Bertz CT molecular complexity index is 1230. The quantitative estimate of drug-likeness (QED) is 0.474. The fourth-order valence-electron chi connectivity index (χ4n) is 2.85. The molecule has 0 fully saturated rings. The maximum atomic E-state index is 13.0. The van der Waals surface area contributed by atoms with Gasteiger partial charge in [0.1, 0.15) is 22.1 Å². The number of alkyl halides is 2. The molecule has 0 aromatic heterocycles. The topological polar surface area (TPSA) is 103 Å². The first-order valence-corrected chi connectivity index (χ1v) is 10.9. The molecule has 1 amide bonds. The second-order valence-electron chi connectivity index (χ2n) is 6.56. The van der Waals surface area contributed by atoms with Crippen LogP contribution in [0.2, 0.25) is 0 Å². The molecule has 8 nitrogen and oxygen atoms in total. The largest absolute Gasteiger partial charge is 0.497 e. The molecular weight excluding hydrogens is 458 g/mol. The van der Waals surface area contributed by atoms with Crippen molar-refractivity contribution in [2.45, 2.75) is 11.5 Å². The molecule has 3 aromatic carbocycles. The number of rotatable bonds is 9. The molecule has 0 atom stereocenters. The molecule has 0 aliphatic carbocycles. The van der Waals surface area contributed by atoms with Crippen molar-refractivity contribution in [2.75, 3.05) is 24.3 Å². The Morgan fingerprint density at radius 1 is 0.879 bits per heavy atom. The molecule has 0 bridgehead atoms. The Kier molecular flexibility index (Phi) is 7.34. The number of amides is 1. The van der Waals surface area contributed by atoms with Crippen LogP contribution < -0.4 is 24.2 Å². The van der Waals surface area contributed by atoms with E-state index in [1.54, 1.807) is 12.1 Å². The molecule has 0 spiro atoms. The summed E-state index contributed by atoms with van der Waals surface area (Å²) >= 11 is 0. The molecule has 174 valence electrons. The second kappa shape index (κ2) is 10.2. The van der Waals surface area contributed by atoms with Crippen LogP contribution in [0.25, 0.3) is 0 Å². The Labute approximate surface area is 189 Å². The van der Waals surface area contributed by atoms with Crippen LogP contribution in [0.1, 0.15) is 10.4 Å². The SMILES string of the molecule is COc1ccc(NS(=O)(=O)c2cc(NC(=O)c3cccc(OC(F)F)c3)ccc2OC)cc1. The third-order valence-electron chi connectivity index (χ3n) is 4.37. The third kappa shape index (κ3) is 6.10. The normalized spacial score (nSPS) is 11.1. The van der Waals surface area contributed by atoms with Gasteiger partial charge in [0.2, 0.25) is 0 Å². The Hall–Kier alpha value is -3.86. The molecule has 2 N–H and O–H groups in total. The van der Waals surface area contributed by atoms with Gasteiger partial charge >= 0.3 is 6.61 Å². The molecule has 3 rings (SSSR count). The minimum atomic E-state index is -4.09. The van der Waals surface area contributed by atoms with Gasteiger partial charge in [-0.2, -0.15) is 8.78 Å². The number of methoxy groups -OCH3 is 2. The second-order valence-corrected chi connectivity index (χ2v) is 8.21. The summed E-state index contributed by atoms with van der Waals surface area (Å²) in [5.74, 6) is -0.213. The van der Waals surface area contributed by atoms with Gasteiger partial charge in [0.25, 0.3) is 15.9 Å². The predicted molar refractivity (Wildman–Crippen MR) is 118 cm³/mol. The van der Waals surface area contributed by atoms with E-state index in [0.717, 1.165) is 6.07 Å². The van der Waals surface area contributed by atoms with Gasteiger partial charge < -0.3 is 19.5 Å². The molecule has 0 aliphatic rings. The third-order valence-corrected chi connectivity index (χ3v) is 5.78. The number of nitrogens with one attached hydrogen (secondary N) is 2. The number of halogens is 2. The minimum absolute atomic E-state index is 0.0460. The van der Waals surface area contributed by atoms with Crippen molar-refractivity contribution in [1.29, 1.82) is 0 Å². The van der Waals surface area contributed by atoms with E-state index >= 15 is 0 Å². The lowest BCUT2D eigenvalue weighted by molar-refractivity contribution is -0.0498. The van der Waals surface area contributed by atoms with E-state index < -0.39 is 22.5 Å². The standard InChI is InChI=1S/C22H20F2N2O6S/c1-30-17-9-6-15(7-10-17)26-33(28,29)20-13-16(8-11-19(20)31-2)25-21(27)14-4-3-5-18(12-14)32-22(23)24/h3-13,22,26H,1-2H3,(H,25,27). The molecule has 0 radical (unpaired) electrons. The molecule has 0 heterocycles. The van der Waals surface area contributed by atoms with Gasteiger partial charge in [-0.15, -0.1) is 0 Å². The summed E-state index contributed by atoms with van der Waals surface area (Å²) in [5.41, 5.74) is 0.490. The average molecular weight is 478 g/mol. The maximum absolute atomic E-state index is 13.0. The number of ether oxygens (including phenoxy) is 3. The Balaban J connectivity index is 1.84. The first kappa shape index (κ1) is 23.8. The van der Waals surface area contributed by atoms with E-state index in [1.165, 1.54) is 62.8 Å². The number of hydrogen-bond donors (Lipinski definition) is 2. The summed E-state index contributed by atoms with van der Waals surface area (Å²) in [7, 11) is -1.28. The van der Waals surface area contributed by atoms with Crippen LogP contribution >= 0.6 is 0 Å². The van der Waals surface area contributed by atoms with E-state index in [2.05, 4.69) is 14.8 Å². The molecule has 0 saturated carbocycles. The van der Waals surface area contributed by atoms with Crippen molar-refractivity contribution in [3.05, 3.63) is 72.3 Å². The van der Waals surface area contributed by atoms with Crippen molar-refractivity contribution in [2.24, 2.45) is 0 Å². The summed E-state index contributed by atoms with van der Waals surface area (Å²) in [6.07, 6.45) is 0. The zero-order chi connectivity index (χ0) is 24.0. The molecular formula is C22H20F2N2O6S. The number of carbonyl (C=O) groups is 1. The van der Waals surface area contributed by atoms with E-state index in [9.17, 15) is 22.0 Å². The zero-order valence-electron chi connectivity index (χ0n) is 17.5. The van der Waals surface area contributed by atoms with Gasteiger partial charge in [-0.1, -0.05) is 6.07 Å². The van der Waals surface area contributed by atoms with Gasteiger partial charge in [-0.05, 0) is 60.7 Å². The number of benzene rings is 3.